The second kappa shape index (κ2) is 56.6. The van der Waals surface area contributed by atoms with Gasteiger partial charge in [-0.05, 0) is 278 Å². The number of alkyl halides is 1. The largest absolute Gasteiger partial charge is 1.00 e. The van der Waals surface area contributed by atoms with Crippen molar-refractivity contribution in [2.75, 3.05) is 66.6 Å². The summed E-state index contributed by atoms with van der Waals surface area (Å²) in [5, 5.41) is 60.0. The molecule has 3 fully saturated rings. The molecule has 4 aliphatic rings. The Morgan fingerprint density at radius 1 is 0.681 bits per heavy atom. The minimum absolute atomic E-state index is 0. The fraction of sp³-hybridized carbons (Fsp3) is 0.487. The predicted octanol–water partition coefficient (Wildman–Crippen LogP) is 17.4. The molecule has 11 rings (SSSR count). The maximum Gasteiger partial charge on any atom is 1.00 e. The zero-order valence-electron chi connectivity index (χ0n) is 66.7. The Hall–Kier alpha value is -5.73. The number of ether oxygens (including phenoxy) is 4. The second-order valence-electron chi connectivity index (χ2n) is 26.6. The van der Waals surface area contributed by atoms with Gasteiger partial charge < -0.3 is 49.6 Å². The first-order valence-corrected chi connectivity index (χ1v) is 42.0. The summed E-state index contributed by atoms with van der Waals surface area (Å²) in [5.74, 6) is 1.28. The van der Waals surface area contributed by atoms with E-state index in [1.807, 2.05) is 64.5 Å². The summed E-state index contributed by atoms with van der Waals surface area (Å²) < 4.78 is 46.2. The number of phenolic OH excluding ortho intramolecular Hbond substituents is 2. The summed E-state index contributed by atoms with van der Waals surface area (Å²) in [5.41, 5.74) is 17.6. The quantitative estimate of drug-likeness (QED) is 0.00713. The van der Waals surface area contributed by atoms with Crippen LogP contribution in [0.1, 0.15) is 153 Å². The average Bonchev–Trinajstić information content (AvgIpc) is 1.64. The number of esters is 2. The molecule has 4 heterocycles. The smallest absolute Gasteiger partial charge is 0.772 e. The number of phenols is 2. The molecule has 27 nitrogen and oxygen atoms in total. The topological polar surface area (TPSA) is 388 Å². The van der Waals surface area contributed by atoms with Crippen LogP contribution >= 0.6 is 95.6 Å². The molecule has 6 aromatic carbocycles. The number of carbonyl (C=O) groups excluding carboxylic acids is 2. The van der Waals surface area contributed by atoms with Crippen LogP contribution in [-0.2, 0) is 51.0 Å². The minimum Gasteiger partial charge on any atom is -0.772 e. The monoisotopic (exact) mass is 1980 g/mol. The Balaban J connectivity index is 0.000000643. The van der Waals surface area contributed by atoms with Crippen LogP contribution in [0.15, 0.2) is 118 Å². The maximum atomic E-state index is 12.4. The first kappa shape index (κ1) is 105. The van der Waals surface area contributed by atoms with Gasteiger partial charge in [0.15, 0.2) is 5.34 Å². The fourth-order valence-electron chi connectivity index (χ4n) is 10.4. The molecular formula is C78H104Br6N9NaO18S. The number of unbranched alkanes of at least 4 members (excludes halogenated alkanes) is 1. The van der Waals surface area contributed by atoms with E-state index in [4.69, 9.17) is 30.2 Å². The number of aryl methyl sites for hydroxylation is 5. The third-order valence-electron chi connectivity index (χ3n) is 17.6. The van der Waals surface area contributed by atoms with E-state index in [2.05, 4.69) is 173 Å². The van der Waals surface area contributed by atoms with Crippen LogP contribution in [0.25, 0.3) is 10.9 Å². The second-order valence-corrected chi connectivity index (χ2v) is 32.9. The van der Waals surface area contributed by atoms with E-state index in [0.29, 0.717) is 45.5 Å². The van der Waals surface area contributed by atoms with Gasteiger partial charge in [-0.2, -0.15) is 5.10 Å². The number of hydrogen-bond acceptors (Lipinski definition) is 23. The van der Waals surface area contributed by atoms with Crippen LogP contribution in [0, 0.1) is 108 Å². The first-order valence-electron chi connectivity index (χ1n) is 35.9. The summed E-state index contributed by atoms with van der Waals surface area (Å²) in [6.45, 7) is 26.9. The molecule has 0 amide bonds. The van der Waals surface area contributed by atoms with Gasteiger partial charge in [0, 0.05) is 107 Å². The van der Waals surface area contributed by atoms with Crippen LogP contribution in [0.3, 0.4) is 0 Å². The van der Waals surface area contributed by atoms with E-state index in [-0.39, 0.29) is 85.1 Å². The molecule has 0 bridgehead atoms. The molecule has 5 N–H and O–H groups in total. The molecule has 3 aliphatic heterocycles. The van der Waals surface area contributed by atoms with Crippen molar-refractivity contribution in [1.29, 1.82) is 0 Å². The van der Waals surface area contributed by atoms with Crippen molar-refractivity contribution in [3.63, 3.8) is 0 Å². The van der Waals surface area contributed by atoms with Crippen LogP contribution in [0.4, 0.5) is 22.7 Å². The third-order valence-corrected chi connectivity index (χ3v) is 24.9. The van der Waals surface area contributed by atoms with E-state index >= 15 is 0 Å². The van der Waals surface area contributed by atoms with Crippen LogP contribution in [-0.4, -0.2) is 133 Å². The number of nitrogens with zero attached hydrogens (tertiary/aromatic N) is 7. The predicted molar refractivity (Wildman–Crippen MR) is 461 cm³/mol. The van der Waals surface area contributed by atoms with Crippen molar-refractivity contribution in [2.45, 2.75) is 169 Å². The third kappa shape index (κ3) is 38.0. The number of nitrogen functional groups attached to an aromatic ring is 1. The van der Waals surface area contributed by atoms with Gasteiger partial charge in [-0.3, -0.25) is 49.0 Å². The Labute approximate surface area is 737 Å². The van der Waals surface area contributed by atoms with Gasteiger partial charge in [-0.15, -0.1) is 4.91 Å². The number of nitrogens with two attached hydrogens (primary N) is 1. The first-order chi connectivity index (χ1) is 52.9. The van der Waals surface area contributed by atoms with Crippen molar-refractivity contribution in [3.05, 3.63) is 198 Å². The Bertz CT molecular complexity index is 4130. The van der Waals surface area contributed by atoms with E-state index in [9.17, 15) is 53.6 Å². The molecule has 35 heteroatoms. The number of fused-ring (bicyclic) bond motifs is 2. The zero-order chi connectivity index (χ0) is 84.5. The molecule has 0 radical (unpaired) electrons. The van der Waals surface area contributed by atoms with E-state index in [1.54, 1.807) is 31.5 Å². The number of nitro groups is 3. The number of carbonyl (C=O) groups is 2. The van der Waals surface area contributed by atoms with Crippen molar-refractivity contribution in [2.24, 2.45) is 28.1 Å². The number of benzene rings is 6. The fourth-order valence-corrected chi connectivity index (χ4v) is 13.6. The molecule has 618 valence electrons. The van der Waals surface area contributed by atoms with Crippen LogP contribution < -0.4 is 40.6 Å². The van der Waals surface area contributed by atoms with Gasteiger partial charge in [0.1, 0.15) is 29.0 Å². The summed E-state index contributed by atoms with van der Waals surface area (Å²) >= 11 is 18.5. The Morgan fingerprint density at radius 2 is 1.17 bits per heavy atom. The number of hydrogen-bond donors (Lipinski definition) is 4. The molecule has 0 spiro atoms. The summed E-state index contributed by atoms with van der Waals surface area (Å²) in [4.78, 5) is 70.8. The Morgan fingerprint density at radius 3 is 1.64 bits per heavy atom. The van der Waals surface area contributed by atoms with Crippen LogP contribution in [0.5, 0.6) is 11.5 Å². The van der Waals surface area contributed by atoms with Gasteiger partial charge in [-0.1, -0.05) is 100 Å². The van der Waals surface area contributed by atoms with E-state index < -0.39 is 27.0 Å². The molecule has 113 heavy (non-hydrogen) atoms. The number of aromatic nitrogens is 2. The van der Waals surface area contributed by atoms with Crippen molar-refractivity contribution in [1.82, 2.24) is 15.1 Å². The number of anilines is 1. The Kier molecular flexibility index (Phi) is 52.7. The summed E-state index contributed by atoms with van der Waals surface area (Å²) in [7, 11) is 4.83. The summed E-state index contributed by atoms with van der Waals surface area (Å²) in [6, 6.07) is 21.6. The minimum atomic E-state index is -1.76. The number of halogens is 6. The number of nitro benzene ring substituents is 3. The average molecular weight is 1990 g/mol. The number of aliphatic imine (C=N–C) groups is 1. The number of nitrogens with one attached hydrogen (secondary N) is 1. The van der Waals surface area contributed by atoms with E-state index in [0.717, 1.165) is 144 Å². The number of rotatable bonds is 18. The zero-order valence-corrected chi connectivity index (χ0v) is 79.0. The van der Waals surface area contributed by atoms with Crippen molar-refractivity contribution >= 4 is 158 Å². The molecule has 7 aromatic rings. The maximum absolute atomic E-state index is 12.4. The molecule has 1 saturated carbocycles. The SMILES string of the molecule is CC(C)CCON=O.CCCCNC.COC(=O)C(Br)CC1CCOCC1.COC(=O)C(CC1CCOCC1)n1ncc2c(Br)c(C)ccc21.Cc1c([N+](=O)[O-])ccc(O)c1Br.Cc1cc(O)ccc1[N+](=O)[O-].Cc1ccc(N)c(C)c1Br.Cc1ccc([N+](=O)[O-])c(C)c1Br.Cc1ccc2c(c1Br)C=NC2.O=S([O-])C1CC1.[Na+]. The normalized spacial score (nSPS) is 13.8. The molecule has 1 aromatic heterocycles. The number of methoxy groups -OCH3 is 2. The number of aromatic hydroxyl groups is 2. The van der Waals surface area contributed by atoms with Gasteiger partial charge in [0.05, 0.1) is 51.7 Å². The van der Waals surface area contributed by atoms with E-state index in [1.165, 1.54) is 90.2 Å². The van der Waals surface area contributed by atoms with Gasteiger partial charge >= 0.3 is 41.5 Å². The standard InChI is InChI=1S/C17H21BrN2O3.C9H8BrN.C9H15BrO3.C8H8BrNO2.C8H10BrN.C7H6BrNO3.C7H7NO3.C5H11NO2.C5H13N.C3H6O2S.Na/c1-11-3-4-14-13(16(11)18)10-19-20(14)15(17(21)22-2)9-12-5-7-23-8-6-12;1-6-2-3-7-4-11-5-8(7)9(6)10;1-12-9(11)8(10)6-7-2-4-13-5-3-7;1-5-3-4-7(10(11)12)6(2)8(5)9;1-5-3-4-7(10)6(2)8(5)9;1-4-5(9(11)12)2-3-6(10)7(4)8;1-5-4-6(9)2-3-7(5)8(10)11;1-5(2)3-4-8-6-7;1-3-4-5-6-2;4-6(5)3-1-2-3;/h3-4,10,12,15H,5-9H2,1-2H3;2-3,5H,4H2,1H3;7-8H,2-6H2,1H3;3-4H,1-2H3;3-4H,10H2,1-2H3;2-3,10H,1H3;2-4,9H,1H3;5H,3-4H2,1-2H3;6H,3-5H2,1-2H3;3H,1-2H2,(H,4,5);/q;;;;;;;;;;+1/p-1. The molecule has 3 unspecified atom stereocenters. The van der Waals surface area contributed by atoms with Gasteiger partial charge in [0.2, 0.25) is 0 Å². The van der Waals surface area contributed by atoms with Crippen molar-refractivity contribution < 1.29 is 96.7 Å². The van der Waals surface area contributed by atoms with Crippen molar-refractivity contribution in [3.8, 4) is 11.5 Å². The molecule has 1 aliphatic carbocycles. The van der Waals surface area contributed by atoms with Gasteiger partial charge in [0.25, 0.3) is 17.1 Å². The molecule has 3 atom stereocenters. The van der Waals surface area contributed by atoms with Gasteiger partial charge in [-0.25, -0.2) is 4.79 Å². The molecular weight excluding hydrogens is 1890 g/mol. The van der Waals surface area contributed by atoms with Crippen LogP contribution in [0.2, 0.25) is 0 Å². The summed E-state index contributed by atoms with van der Waals surface area (Å²) in [6.07, 6.45) is 14.7. The molecule has 2 saturated heterocycles.